The number of nitrogens with two attached hydrogens (primary N) is 1. The monoisotopic (exact) mass is 184 g/mol. The molecule has 0 amide bonds. The minimum atomic E-state index is 0.718. The molecule has 0 saturated carbocycles. The molecule has 0 aliphatic carbocycles. The predicted octanol–water partition coefficient (Wildman–Crippen LogP) is 1.70. The van der Waals surface area contributed by atoms with Gasteiger partial charge in [0.15, 0.2) is 0 Å². The van der Waals surface area contributed by atoms with E-state index in [9.17, 15) is 0 Å². The first-order chi connectivity index (χ1) is 6.30. The molecule has 2 heteroatoms. The third-order valence-corrected chi connectivity index (χ3v) is 3.37. The second-order valence-electron chi connectivity index (χ2n) is 4.33. The molecule has 1 aliphatic rings. The molecule has 2 atom stereocenters. The van der Waals surface area contributed by atoms with Crippen LogP contribution in [0.4, 0.5) is 0 Å². The molecule has 1 heterocycles. The van der Waals surface area contributed by atoms with E-state index in [1.807, 2.05) is 0 Å². The predicted molar refractivity (Wildman–Crippen MR) is 57.7 cm³/mol. The highest BCUT2D eigenvalue weighted by atomic mass is 15.1. The average Bonchev–Trinajstić information content (AvgIpc) is 2.61. The smallest absolute Gasteiger partial charge is 0.00217 e. The van der Waals surface area contributed by atoms with E-state index >= 15 is 0 Å². The van der Waals surface area contributed by atoms with Crippen molar-refractivity contribution in [2.75, 3.05) is 26.2 Å². The molecule has 2 unspecified atom stereocenters. The first-order valence-corrected chi connectivity index (χ1v) is 5.72. The van der Waals surface area contributed by atoms with Crippen LogP contribution in [0.2, 0.25) is 0 Å². The molecule has 1 aliphatic heterocycles. The van der Waals surface area contributed by atoms with Gasteiger partial charge in [0.25, 0.3) is 0 Å². The maximum atomic E-state index is 5.70. The molecule has 2 nitrogen and oxygen atoms in total. The van der Waals surface area contributed by atoms with Crippen molar-refractivity contribution >= 4 is 0 Å². The molecular formula is C11H24N2. The van der Waals surface area contributed by atoms with Crippen molar-refractivity contribution in [3.8, 4) is 0 Å². The summed E-state index contributed by atoms with van der Waals surface area (Å²) < 4.78 is 0. The molecule has 1 fully saturated rings. The molecule has 0 aromatic heterocycles. The van der Waals surface area contributed by atoms with Crippen LogP contribution < -0.4 is 5.73 Å². The summed E-state index contributed by atoms with van der Waals surface area (Å²) >= 11 is 0. The molecule has 1 rings (SSSR count). The van der Waals surface area contributed by atoms with Gasteiger partial charge in [-0.15, -0.1) is 0 Å². The lowest BCUT2D eigenvalue weighted by Crippen LogP contribution is -2.31. The van der Waals surface area contributed by atoms with Crippen molar-refractivity contribution in [1.82, 2.24) is 4.90 Å². The standard InChI is InChI=1S/C11H24N2/c1-3-10-5-6-13(8-10)9-11(4-2)7-12/h10-11H,3-9,12H2,1-2H3. The molecule has 0 radical (unpaired) electrons. The molecule has 2 N–H and O–H groups in total. The van der Waals surface area contributed by atoms with Crippen LogP contribution in [0.3, 0.4) is 0 Å². The van der Waals surface area contributed by atoms with Gasteiger partial charge >= 0.3 is 0 Å². The molecule has 13 heavy (non-hydrogen) atoms. The molecular weight excluding hydrogens is 160 g/mol. The Morgan fingerprint density at radius 1 is 1.46 bits per heavy atom. The quantitative estimate of drug-likeness (QED) is 0.704. The highest BCUT2D eigenvalue weighted by Crippen LogP contribution is 2.20. The number of rotatable bonds is 5. The van der Waals surface area contributed by atoms with E-state index in [2.05, 4.69) is 18.7 Å². The molecule has 0 spiro atoms. The van der Waals surface area contributed by atoms with Crippen molar-refractivity contribution in [3.05, 3.63) is 0 Å². The van der Waals surface area contributed by atoms with Gasteiger partial charge in [-0.05, 0) is 31.3 Å². The average molecular weight is 184 g/mol. The molecule has 1 saturated heterocycles. The normalized spacial score (nSPS) is 26.5. The van der Waals surface area contributed by atoms with Crippen molar-refractivity contribution in [2.24, 2.45) is 17.6 Å². The summed E-state index contributed by atoms with van der Waals surface area (Å²) in [6.45, 7) is 9.23. The number of nitrogens with zero attached hydrogens (tertiary/aromatic N) is 1. The van der Waals surface area contributed by atoms with Crippen LogP contribution in [0.5, 0.6) is 0 Å². The van der Waals surface area contributed by atoms with Crippen LogP contribution in [0.15, 0.2) is 0 Å². The van der Waals surface area contributed by atoms with Gasteiger partial charge in [0.05, 0.1) is 0 Å². The zero-order chi connectivity index (χ0) is 9.68. The summed E-state index contributed by atoms with van der Waals surface area (Å²) in [7, 11) is 0. The van der Waals surface area contributed by atoms with Gasteiger partial charge in [0, 0.05) is 13.1 Å². The molecule has 0 bridgehead atoms. The van der Waals surface area contributed by atoms with Crippen molar-refractivity contribution in [2.45, 2.75) is 33.1 Å². The van der Waals surface area contributed by atoms with E-state index in [-0.39, 0.29) is 0 Å². The number of hydrogen-bond acceptors (Lipinski definition) is 2. The summed E-state index contributed by atoms with van der Waals surface area (Å²) in [6, 6.07) is 0. The van der Waals surface area contributed by atoms with Gasteiger partial charge in [-0.3, -0.25) is 0 Å². The Morgan fingerprint density at radius 3 is 2.69 bits per heavy atom. The fourth-order valence-corrected chi connectivity index (χ4v) is 2.15. The number of likely N-dealkylation sites (tertiary alicyclic amines) is 1. The Morgan fingerprint density at radius 2 is 2.23 bits per heavy atom. The van der Waals surface area contributed by atoms with Crippen molar-refractivity contribution in [1.29, 1.82) is 0 Å². The van der Waals surface area contributed by atoms with Crippen LogP contribution >= 0.6 is 0 Å². The summed E-state index contributed by atoms with van der Waals surface area (Å²) in [5.41, 5.74) is 5.70. The van der Waals surface area contributed by atoms with Gasteiger partial charge in [-0.25, -0.2) is 0 Å². The Balaban J connectivity index is 2.22. The summed E-state index contributed by atoms with van der Waals surface area (Å²) in [6.07, 6.45) is 3.97. The summed E-state index contributed by atoms with van der Waals surface area (Å²) in [5.74, 6) is 1.67. The van der Waals surface area contributed by atoms with Crippen molar-refractivity contribution in [3.63, 3.8) is 0 Å². The second kappa shape index (κ2) is 5.61. The zero-order valence-corrected chi connectivity index (χ0v) is 9.13. The third-order valence-electron chi connectivity index (χ3n) is 3.37. The minimum absolute atomic E-state index is 0.718. The Bertz CT molecular complexity index is 132. The van der Waals surface area contributed by atoms with Crippen LogP contribution in [0, 0.1) is 11.8 Å². The van der Waals surface area contributed by atoms with Gasteiger partial charge in [0.1, 0.15) is 0 Å². The Labute approximate surface area is 82.5 Å². The minimum Gasteiger partial charge on any atom is -0.330 e. The van der Waals surface area contributed by atoms with Gasteiger partial charge in [-0.2, -0.15) is 0 Å². The highest BCUT2D eigenvalue weighted by molar-refractivity contribution is 4.76. The lowest BCUT2D eigenvalue weighted by Gasteiger charge is -2.21. The van der Waals surface area contributed by atoms with Crippen LogP contribution in [0.1, 0.15) is 33.1 Å². The zero-order valence-electron chi connectivity index (χ0n) is 9.13. The van der Waals surface area contributed by atoms with E-state index in [1.54, 1.807) is 0 Å². The third kappa shape index (κ3) is 3.28. The SMILES string of the molecule is CCC(CN)CN1CCC(CC)C1. The van der Waals surface area contributed by atoms with Gasteiger partial charge in [0.2, 0.25) is 0 Å². The van der Waals surface area contributed by atoms with E-state index in [0.717, 1.165) is 18.4 Å². The maximum absolute atomic E-state index is 5.70. The fraction of sp³-hybridized carbons (Fsp3) is 1.00. The highest BCUT2D eigenvalue weighted by Gasteiger charge is 2.22. The summed E-state index contributed by atoms with van der Waals surface area (Å²) in [4.78, 5) is 2.59. The topological polar surface area (TPSA) is 29.3 Å². The lowest BCUT2D eigenvalue weighted by molar-refractivity contribution is 0.266. The van der Waals surface area contributed by atoms with Crippen molar-refractivity contribution < 1.29 is 0 Å². The van der Waals surface area contributed by atoms with Crippen LogP contribution in [-0.4, -0.2) is 31.1 Å². The maximum Gasteiger partial charge on any atom is 0.00217 e. The van der Waals surface area contributed by atoms with E-state index in [0.29, 0.717) is 0 Å². The second-order valence-corrected chi connectivity index (χ2v) is 4.33. The van der Waals surface area contributed by atoms with Gasteiger partial charge in [-0.1, -0.05) is 26.7 Å². The van der Waals surface area contributed by atoms with E-state index in [1.165, 1.54) is 38.9 Å². The fourth-order valence-electron chi connectivity index (χ4n) is 2.15. The molecule has 0 aromatic carbocycles. The first-order valence-electron chi connectivity index (χ1n) is 5.72. The summed E-state index contributed by atoms with van der Waals surface area (Å²) in [5, 5.41) is 0. The Hall–Kier alpha value is -0.0800. The number of hydrogen-bond donors (Lipinski definition) is 1. The van der Waals surface area contributed by atoms with Crippen LogP contribution in [0.25, 0.3) is 0 Å². The Kier molecular flexibility index (Phi) is 4.74. The first kappa shape index (κ1) is 11.0. The lowest BCUT2D eigenvalue weighted by atomic mass is 10.1. The van der Waals surface area contributed by atoms with E-state index in [4.69, 9.17) is 5.73 Å². The van der Waals surface area contributed by atoms with Crippen LogP contribution in [-0.2, 0) is 0 Å². The molecule has 78 valence electrons. The largest absolute Gasteiger partial charge is 0.330 e. The van der Waals surface area contributed by atoms with E-state index < -0.39 is 0 Å². The van der Waals surface area contributed by atoms with Gasteiger partial charge < -0.3 is 10.6 Å². The molecule has 0 aromatic rings.